The number of esters is 2. The minimum absolute atomic E-state index is 0.0708. The minimum Gasteiger partial charge on any atom is -0.466 e. The Kier molecular flexibility index (Phi) is 22.3. The zero-order chi connectivity index (χ0) is 21.4. The molecule has 0 aliphatic heterocycles. The van der Waals surface area contributed by atoms with Crippen LogP contribution in [0.1, 0.15) is 116 Å². The highest BCUT2D eigenvalue weighted by Gasteiger charge is 2.08. The summed E-state index contributed by atoms with van der Waals surface area (Å²) in [5, 5.41) is 0. The summed E-state index contributed by atoms with van der Waals surface area (Å²) in [5.41, 5.74) is 0. The van der Waals surface area contributed by atoms with Gasteiger partial charge in [0.05, 0.1) is 26.1 Å². The third-order valence-electron chi connectivity index (χ3n) is 5.09. The maximum absolute atomic E-state index is 11.6. The van der Waals surface area contributed by atoms with Gasteiger partial charge in [-0.3, -0.25) is 9.59 Å². The molecule has 0 heterocycles. The predicted molar refractivity (Wildman–Crippen MR) is 118 cm³/mol. The van der Waals surface area contributed by atoms with Gasteiger partial charge in [0.2, 0.25) is 0 Å². The summed E-state index contributed by atoms with van der Waals surface area (Å²) in [7, 11) is 1.54. The molecule has 5 nitrogen and oxygen atoms in total. The van der Waals surface area contributed by atoms with Gasteiger partial charge in [-0.05, 0) is 6.42 Å². The van der Waals surface area contributed by atoms with Gasteiger partial charge in [0.1, 0.15) is 6.61 Å². The fraction of sp³-hybridized carbons (Fsp3) is 0.917. The van der Waals surface area contributed by atoms with Gasteiger partial charge in [-0.15, -0.1) is 0 Å². The quantitative estimate of drug-likeness (QED) is 0.152. The molecule has 0 aromatic heterocycles. The van der Waals surface area contributed by atoms with Gasteiger partial charge in [-0.1, -0.05) is 96.8 Å². The van der Waals surface area contributed by atoms with Gasteiger partial charge in [0.25, 0.3) is 0 Å². The number of hydrogen-bond acceptors (Lipinski definition) is 5. The SMILES string of the molecule is CCCCCCCCCCCCCCCCCOC(=O)CCC(=O)OCCOC. The van der Waals surface area contributed by atoms with Crippen molar-refractivity contribution >= 4 is 11.9 Å². The zero-order valence-electron chi connectivity index (χ0n) is 19.2. The summed E-state index contributed by atoms with van der Waals surface area (Å²) in [5.74, 6) is -0.704. The number of hydrogen-bond donors (Lipinski definition) is 0. The van der Waals surface area contributed by atoms with Crippen molar-refractivity contribution in [1.82, 2.24) is 0 Å². The van der Waals surface area contributed by atoms with Crippen LogP contribution in [0.2, 0.25) is 0 Å². The van der Waals surface area contributed by atoms with Gasteiger partial charge in [-0.2, -0.15) is 0 Å². The van der Waals surface area contributed by atoms with E-state index in [-0.39, 0.29) is 31.4 Å². The highest BCUT2D eigenvalue weighted by molar-refractivity contribution is 5.77. The second kappa shape index (κ2) is 23.2. The lowest BCUT2D eigenvalue weighted by Gasteiger charge is -2.06. The topological polar surface area (TPSA) is 61.8 Å². The molecule has 0 fully saturated rings. The molecule has 0 unspecified atom stereocenters. The molecule has 0 radical (unpaired) electrons. The van der Waals surface area contributed by atoms with Gasteiger partial charge < -0.3 is 14.2 Å². The van der Waals surface area contributed by atoms with Crippen molar-refractivity contribution in [2.75, 3.05) is 26.9 Å². The van der Waals surface area contributed by atoms with Crippen molar-refractivity contribution in [2.45, 2.75) is 116 Å². The summed E-state index contributed by atoms with van der Waals surface area (Å²) < 4.78 is 14.8. The molecular formula is C24H46O5. The van der Waals surface area contributed by atoms with Crippen LogP contribution in [0.25, 0.3) is 0 Å². The average Bonchev–Trinajstić information content (AvgIpc) is 2.72. The van der Waals surface area contributed by atoms with Crippen molar-refractivity contribution in [3.05, 3.63) is 0 Å². The van der Waals surface area contributed by atoms with E-state index in [1.165, 1.54) is 83.5 Å². The van der Waals surface area contributed by atoms with E-state index in [1.807, 2.05) is 0 Å². The van der Waals surface area contributed by atoms with E-state index in [9.17, 15) is 9.59 Å². The molecule has 0 aromatic rings. The van der Waals surface area contributed by atoms with E-state index in [1.54, 1.807) is 7.11 Å². The molecule has 0 aliphatic carbocycles. The summed E-state index contributed by atoms with van der Waals surface area (Å²) in [6.45, 7) is 3.32. The third kappa shape index (κ3) is 23.0. The Labute approximate surface area is 179 Å². The van der Waals surface area contributed by atoms with E-state index in [0.29, 0.717) is 13.2 Å². The van der Waals surface area contributed by atoms with Gasteiger partial charge in [0, 0.05) is 7.11 Å². The van der Waals surface area contributed by atoms with Crippen LogP contribution in [0.3, 0.4) is 0 Å². The van der Waals surface area contributed by atoms with Crippen LogP contribution < -0.4 is 0 Å². The van der Waals surface area contributed by atoms with Crippen LogP contribution in [-0.4, -0.2) is 38.9 Å². The average molecular weight is 415 g/mol. The Hall–Kier alpha value is -1.10. The van der Waals surface area contributed by atoms with E-state index >= 15 is 0 Å². The van der Waals surface area contributed by atoms with E-state index in [2.05, 4.69) is 6.92 Å². The van der Waals surface area contributed by atoms with Crippen LogP contribution >= 0.6 is 0 Å². The first-order valence-electron chi connectivity index (χ1n) is 12.0. The standard InChI is InChI=1S/C24H46O5/c1-3-4-5-6-7-8-9-10-11-12-13-14-15-16-17-20-28-23(25)18-19-24(26)29-22-21-27-2/h3-22H2,1-2H3. The van der Waals surface area contributed by atoms with Crippen molar-refractivity contribution in [2.24, 2.45) is 0 Å². The number of methoxy groups -OCH3 is 1. The smallest absolute Gasteiger partial charge is 0.306 e. The van der Waals surface area contributed by atoms with Crippen LogP contribution in [0.5, 0.6) is 0 Å². The number of rotatable bonds is 22. The Morgan fingerprint density at radius 2 is 0.897 bits per heavy atom. The molecule has 0 N–H and O–H groups in total. The third-order valence-corrected chi connectivity index (χ3v) is 5.09. The lowest BCUT2D eigenvalue weighted by molar-refractivity contribution is -0.151. The summed E-state index contributed by atoms with van der Waals surface area (Å²) in [4.78, 5) is 22.9. The molecule has 0 rings (SSSR count). The van der Waals surface area contributed by atoms with E-state index in [0.717, 1.165) is 12.8 Å². The molecule has 0 saturated carbocycles. The lowest BCUT2D eigenvalue weighted by Crippen LogP contribution is -2.13. The fourth-order valence-electron chi connectivity index (χ4n) is 3.25. The lowest BCUT2D eigenvalue weighted by atomic mass is 10.0. The van der Waals surface area contributed by atoms with Gasteiger partial charge in [0.15, 0.2) is 0 Å². The maximum atomic E-state index is 11.6. The van der Waals surface area contributed by atoms with E-state index < -0.39 is 0 Å². The van der Waals surface area contributed by atoms with Crippen molar-refractivity contribution in [1.29, 1.82) is 0 Å². The normalized spacial score (nSPS) is 10.8. The highest BCUT2D eigenvalue weighted by atomic mass is 16.6. The van der Waals surface area contributed by atoms with E-state index in [4.69, 9.17) is 14.2 Å². The number of carbonyl (C=O) groups is 2. The first-order valence-corrected chi connectivity index (χ1v) is 12.0. The van der Waals surface area contributed by atoms with Gasteiger partial charge in [-0.25, -0.2) is 0 Å². The van der Waals surface area contributed by atoms with Crippen LogP contribution in [0, 0.1) is 0 Å². The monoisotopic (exact) mass is 414 g/mol. The Balaban J connectivity index is 3.21. The Morgan fingerprint density at radius 1 is 0.517 bits per heavy atom. The molecule has 0 aliphatic rings. The molecule has 0 aromatic carbocycles. The van der Waals surface area contributed by atoms with Crippen LogP contribution in [0.4, 0.5) is 0 Å². The van der Waals surface area contributed by atoms with Crippen molar-refractivity contribution < 1.29 is 23.8 Å². The molecule has 5 heteroatoms. The molecule has 0 spiro atoms. The molecule has 29 heavy (non-hydrogen) atoms. The Morgan fingerprint density at radius 3 is 1.31 bits per heavy atom. The molecular weight excluding hydrogens is 368 g/mol. The zero-order valence-corrected chi connectivity index (χ0v) is 19.2. The second-order valence-corrected chi connectivity index (χ2v) is 7.88. The van der Waals surface area contributed by atoms with Crippen LogP contribution in [0.15, 0.2) is 0 Å². The predicted octanol–water partition coefficient (Wildman–Crippen LogP) is 6.37. The number of carbonyl (C=O) groups excluding carboxylic acids is 2. The molecule has 0 amide bonds. The second-order valence-electron chi connectivity index (χ2n) is 7.88. The van der Waals surface area contributed by atoms with Crippen molar-refractivity contribution in [3.8, 4) is 0 Å². The largest absolute Gasteiger partial charge is 0.466 e. The molecule has 0 bridgehead atoms. The molecule has 0 atom stereocenters. The summed E-state index contributed by atoms with van der Waals surface area (Å²) in [6, 6.07) is 0. The summed E-state index contributed by atoms with van der Waals surface area (Å²) in [6.07, 6.45) is 19.9. The summed E-state index contributed by atoms with van der Waals surface area (Å²) >= 11 is 0. The Bertz CT molecular complexity index is 370. The number of ether oxygens (including phenoxy) is 3. The first-order chi connectivity index (χ1) is 14.2. The maximum Gasteiger partial charge on any atom is 0.306 e. The molecule has 0 saturated heterocycles. The highest BCUT2D eigenvalue weighted by Crippen LogP contribution is 2.13. The first kappa shape index (κ1) is 27.9. The molecule has 172 valence electrons. The van der Waals surface area contributed by atoms with Crippen LogP contribution in [-0.2, 0) is 23.8 Å². The number of unbranched alkanes of at least 4 members (excludes halogenated alkanes) is 14. The van der Waals surface area contributed by atoms with Crippen molar-refractivity contribution in [3.63, 3.8) is 0 Å². The minimum atomic E-state index is -0.383. The fourth-order valence-corrected chi connectivity index (χ4v) is 3.25. The van der Waals surface area contributed by atoms with Gasteiger partial charge >= 0.3 is 11.9 Å².